The van der Waals surface area contributed by atoms with Crippen molar-refractivity contribution in [3.8, 4) is 11.8 Å². The molecule has 2 N–H and O–H groups in total. The van der Waals surface area contributed by atoms with Gasteiger partial charge in [-0.1, -0.05) is 53.5 Å². The summed E-state index contributed by atoms with van der Waals surface area (Å²) in [7, 11) is -4.19. The third-order valence-electron chi connectivity index (χ3n) is 2.82. The van der Waals surface area contributed by atoms with Crippen molar-refractivity contribution in [3.05, 3.63) is 58.1 Å². The van der Waals surface area contributed by atoms with Crippen molar-refractivity contribution in [3.63, 3.8) is 0 Å². The Bertz CT molecular complexity index is 833. The number of nitriles is 1. The number of nitrogens with zero attached hydrogens (tertiary/aromatic N) is 1. The van der Waals surface area contributed by atoms with Crippen LogP contribution in [0.1, 0.15) is 11.6 Å². The van der Waals surface area contributed by atoms with Gasteiger partial charge in [0.05, 0.1) is 11.1 Å². The number of sulfonamides is 1. The molecule has 0 aliphatic rings. The molecule has 0 aliphatic carbocycles. The molecule has 1 atom stereocenters. The van der Waals surface area contributed by atoms with Crippen molar-refractivity contribution >= 4 is 33.2 Å². The quantitative estimate of drug-likeness (QED) is 0.879. The molecule has 0 spiro atoms. The standard InChI is InChI=1S/C14H10Cl2N2O3S/c15-10-6-11(16)14(19)13(7-10)22(20,21)18-12(8-17)9-4-2-1-3-5-9/h1-7,12,18-19H. The highest BCUT2D eigenvalue weighted by Crippen LogP contribution is 2.34. The Morgan fingerprint density at radius 2 is 1.82 bits per heavy atom. The van der Waals surface area contributed by atoms with E-state index in [9.17, 15) is 18.8 Å². The van der Waals surface area contributed by atoms with Crippen molar-refractivity contribution in [1.29, 1.82) is 5.26 Å². The second-order valence-corrected chi connectivity index (χ2v) is 6.85. The van der Waals surface area contributed by atoms with Gasteiger partial charge >= 0.3 is 0 Å². The fourth-order valence-corrected chi connectivity index (χ4v) is 3.67. The lowest BCUT2D eigenvalue weighted by molar-refractivity contribution is 0.458. The minimum Gasteiger partial charge on any atom is -0.505 e. The van der Waals surface area contributed by atoms with Gasteiger partial charge in [0.15, 0.2) is 5.75 Å². The topological polar surface area (TPSA) is 90.2 Å². The van der Waals surface area contributed by atoms with Crippen LogP contribution < -0.4 is 4.72 Å². The lowest BCUT2D eigenvalue weighted by Gasteiger charge is -2.14. The van der Waals surface area contributed by atoms with Crippen LogP contribution in [0.3, 0.4) is 0 Å². The molecule has 0 amide bonds. The zero-order chi connectivity index (χ0) is 16.3. The molecular weight excluding hydrogens is 347 g/mol. The SMILES string of the molecule is N#CC(NS(=O)(=O)c1cc(Cl)cc(Cl)c1O)c1ccccc1. The molecule has 2 aromatic rings. The van der Waals surface area contributed by atoms with E-state index in [0.717, 1.165) is 6.07 Å². The van der Waals surface area contributed by atoms with Crippen molar-refractivity contribution in [2.45, 2.75) is 10.9 Å². The maximum atomic E-state index is 12.4. The summed E-state index contributed by atoms with van der Waals surface area (Å²) in [4.78, 5) is -0.485. The first-order valence-corrected chi connectivity index (χ1v) is 8.24. The molecule has 0 radical (unpaired) electrons. The van der Waals surface area contributed by atoms with Crippen LogP contribution >= 0.6 is 23.2 Å². The van der Waals surface area contributed by atoms with Gasteiger partial charge in [0, 0.05) is 5.02 Å². The maximum Gasteiger partial charge on any atom is 0.245 e. The Kier molecular flexibility index (Phi) is 4.94. The summed E-state index contributed by atoms with van der Waals surface area (Å²) in [6.45, 7) is 0. The van der Waals surface area contributed by atoms with Crippen molar-refractivity contribution in [2.75, 3.05) is 0 Å². The molecular formula is C14H10Cl2N2O3S. The van der Waals surface area contributed by atoms with Gasteiger partial charge in [-0.25, -0.2) is 8.42 Å². The van der Waals surface area contributed by atoms with Gasteiger partial charge in [-0.2, -0.15) is 9.98 Å². The molecule has 2 aromatic carbocycles. The normalized spacial score (nSPS) is 12.6. The number of benzene rings is 2. The van der Waals surface area contributed by atoms with Crippen molar-refractivity contribution in [1.82, 2.24) is 4.72 Å². The van der Waals surface area contributed by atoms with Gasteiger partial charge in [-0.3, -0.25) is 0 Å². The first-order valence-electron chi connectivity index (χ1n) is 6.00. The molecule has 0 saturated heterocycles. The van der Waals surface area contributed by atoms with Crippen LogP contribution in [0.5, 0.6) is 5.75 Å². The number of phenolic OH excluding ortho intramolecular Hbond substituents is 1. The Hall–Kier alpha value is -1.78. The number of hydrogen-bond donors (Lipinski definition) is 2. The molecule has 114 valence electrons. The number of rotatable bonds is 4. The highest BCUT2D eigenvalue weighted by atomic mass is 35.5. The van der Waals surface area contributed by atoms with E-state index in [2.05, 4.69) is 4.72 Å². The van der Waals surface area contributed by atoms with Gasteiger partial charge in [0.2, 0.25) is 10.0 Å². The second-order valence-electron chi connectivity index (χ2n) is 4.33. The van der Waals surface area contributed by atoms with Crippen molar-refractivity contribution < 1.29 is 13.5 Å². The molecule has 5 nitrogen and oxygen atoms in total. The van der Waals surface area contributed by atoms with Crippen LogP contribution in [0.15, 0.2) is 47.4 Å². The van der Waals surface area contributed by atoms with E-state index in [1.54, 1.807) is 30.3 Å². The van der Waals surface area contributed by atoms with E-state index >= 15 is 0 Å². The van der Waals surface area contributed by atoms with Crippen LogP contribution in [0.25, 0.3) is 0 Å². The summed E-state index contributed by atoms with van der Waals surface area (Å²) in [6.07, 6.45) is 0. The largest absolute Gasteiger partial charge is 0.505 e. The summed E-state index contributed by atoms with van der Waals surface area (Å²) in [5.74, 6) is -0.622. The molecule has 0 bridgehead atoms. The monoisotopic (exact) mass is 356 g/mol. The van der Waals surface area contributed by atoms with Crippen LogP contribution in [0.4, 0.5) is 0 Å². The average molecular weight is 357 g/mol. The maximum absolute atomic E-state index is 12.4. The second kappa shape index (κ2) is 6.55. The van der Waals surface area contributed by atoms with Gasteiger partial charge in [-0.05, 0) is 17.7 Å². The summed E-state index contributed by atoms with van der Waals surface area (Å²) < 4.78 is 26.9. The number of phenols is 1. The molecule has 22 heavy (non-hydrogen) atoms. The third kappa shape index (κ3) is 3.51. The van der Waals surface area contributed by atoms with Gasteiger partial charge in [0.25, 0.3) is 0 Å². The molecule has 0 aromatic heterocycles. The van der Waals surface area contributed by atoms with Crippen LogP contribution in [-0.4, -0.2) is 13.5 Å². The van der Waals surface area contributed by atoms with Crippen LogP contribution in [-0.2, 0) is 10.0 Å². The zero-order valence-corrected chi connectivity index (χ0v) is 13.3. The van der Waals surface area contributed by atoms with Crippen molar-refractivity contribution in [2.24, 2.45) is 0 Å². The van der Waals surface area contributed by atoms with E-state index in [-0.39, 0.29) is 10.0 Å². The third-order valence-corrected chi connectivity index (χ3v) is 4.76. The molecule has 1 unspecified atom stereocenters. The fourth-order valence-electron chi connectivity index (χ4n) is 1.78. The number of aromatic hydroxyl groups is 1. The lowest BCUT2D eigenvalue weighted by atomic mass is 10.1. The Labute approximate surface area is 137 Å². The van der Waals surface area contributed by atoms with Crippen LogP contribution in [0.2, 0.25) is 10.0 Å². The van der Waals surface area contributed by atoms with E-state index in [1.807, 2.05) is 6.07 Å². The summed E-state index contributed by atoms with van der Waals surface area (Å²) in [5, 5.41) is 18.9. The van der Waals surface area contributed by atoms with Gasteiger partial charge in [0.1, 0.15) is 10.9 Å². The molecule has 0 heterocycles. The molecule has 2 rings (SSSR count). The van der Waals surface area contributed by atoms with Crippen LogP contribution in [0, 0.1) is 11.3 Å². The van der Waals surface area contributed by atoms with E-state index < -0.39 is 26.7 Å². The predicted octanol–water partition coefficient (Wildman–Crippen LogP) is 3.24. The molecule has 8 heteroatoms. The highest BCUT2D eigenvalue weighted by Gasteiger charge is 2.25. The number of hydrogen-bond acceptors (Lipinski definition) is 4. The highest BCUT2D eigenvalue weighted by molar-refractivity contribution is 7.89. The smallest absolute Gasteiger partial charge is 0.245 e. The number of halogens is 2. The zero-order valence-electron chi connectivity index (χ0n) is 11.0. The molecule has 0 aliphatic heterocycles. The molecule has 0 fully saturated rings. The summed E-state index contributed by atoms with van der Waals surface area (Å²) >= 11 is 11.5. The fraction of sp³-hybridized carbons (Fsp3) is 0.0714. The Balaban J connectivity index is 2.42. The first kappa shape index (κ1) is 16.6. The van der Waals surface area contributed by atoms with E-state index in [0.29, 0.717) is 5.56 Å². The van der Waals surface area contributed by atoms with Gasteiger partial charge in [-0.15, -0.1) is 0 Å². The number of nitrogens with one attached hydrogen (secondary N) is 1. The average Bonchev–Trinajstić information content (AvgIpc) is 2.49. The lowest BCUT2D eigenvalue weighted by Crippen LogP contribution is -2.28. The Morgan fingerprint density at radius 1 is 1.18 bits per heavy atom. The minimum atomic E-state index is -4.19. The van der Waals surface area contributed by atoms with Gasteiger partial charge < -0.3 is 5.11 Å². The first-order chi connectivity index (χ1) is 10.3. The minimum absolute atomic E-state index is 0.0522. The van der Waals surface area contributed by atoms with E-state index in [1.165, 1.54) is 6.07 Å². The van der Waals surface area contributed by atoms with E-state index in [4.69, 9.17) is 23.2 Å². The Morgan fingerprint density at radius 3 is 2.41 bits per heavy atom. The summed E-state index contributed by atoms with van der Waals surface area (Å²) in [5.41, 5.74) is 0.473. The molecule has 0 saturated carbocycles. The predicted molar refractivity (Wildman–Crippen MR) is 83.2 cm³/mol. The summed E-state index contributed by atoms with van der Waals surface area (Å²) in [6, 6.07) is 11.4.